The van der Waals surface area contributed by atoms with Crippen molar-refractivity contribution >= 4 is 11.6 Å². The molecule has 0 spiro atoms. The quantitative estimate of drug-likeness (QED) is 0.868. The SMILES string of the molecule is NC1CCCC(C(=O)NCc2nnc3ccccn23)C1. The fourth-order valence-corrected chi connectivity index (χ4v) is 2.79. The summed E-state index contributed by atoms with van der Waals surface area (Å²) in [5.74, 6) is 0.861. The molecule has 1 amide bonds. The Kier molecular flexibility index (Phi) is 3.64. The van der Waals surface area contributed by atoms with Crippen LogP contribution in [0.5, 0.6) is 0 Å². The van der Waals surface area contributed by atoms with Crippen LogP contribution in [0.4, 0.5) is 0 Å². The molecule has 2 heterocycles. The molecule has 6 heteroatoms. The van der Waals surface area contributed by atoms with E-state index in [0.717, 1.165) is 37.2 Å². The van der Waals surface area contributed by atoms with Crippen molar-refractivity contribution in [2.24, 2.45) is 11.7 Å². The van der Waals surface area contributed by atoms with Gasteiger partial charge in [0.05, 0.1) is 6.54 Å². The van der Waals surface area contributed by atoms with E-state index in [1.807, 2.05) is 28.8 Å². The summed E-state index contributed by atoms with van der Waals surface area (Å²) < 4.78 is 1.88. The van der Waals surface area contributed by atoms with Gasteiger partial charge in [-0.3, -0.25) is 9.20 Å². The Morgan fingerprint density at radius 2 is 2.30 bits per heavy atom. The molecule has 2 unspecified atom stereocenters. The Morgan fingerprint density at radius 1 is 1.40 bits per heavy atom. The first kappa shape index (κ1) is 13.1. The average Bonchev–Trinajstić information content (AvgIpc) is 2.88. The molecule has 1 saturated carbocycles. The number of pyridine rings is 1. The lowest BCUT2D eigenvalue weighted by Gasteiger charge is -2.25. The summed E-state index contributed by atoms with van der Waals surface area (Å²) in [6.07, 6.45) is 5.67. The van der Waals surface area contributed by atoms with Crippen molar-refractivity contribution in [3.8, 4) is 0 Å². The van der Waals surface area contributed by atoms with E-state index in [0.29, 0.717) is 6.54 Å². The lowest BCUT2D eigenvalue weighted by atomic mass is 9.85. The number of nitrogens with two attached hydrogens (primary N) is 1. The number of carbonyl (C=O) groups excluding carboxylic acids is 1. The molecule has 0 saturated heterocycles. The van der Waals surface area contributed by atoms with Crippen molar-refractivity contribution in [2.45, 2.75) is 38.3 Å². The predicted octanol–water partition coefficient (Wildman–Crippen LogP) is 0.863. The number of rotatable bonds is 3. The van der Waals surface area contributed by atoms with Gasteiger partial charge in [0.2, 0.25) is 5.91 Å². The molecule has 0 aliphatic heterocycles. The second-order valence-corrected chi connectivity index (χ2v) is 5.39. The van der Waals surface area contributed by atoms with Gasteiger partial charge in [-0.25, -0.2) is 0 Å². The van der Waals surface area contributed by atoms with Crippen LogP contribution in [0.1, 0.15) is 31.5 Å². The van der Waals surface area contributed by atoms with Gasteiger partial charge in [0, 0.05) is 18.2 Å². The van der Waals surface area contributed by atoms with Crippen LogP contribution in [-0.4, -0.2) is 26.5 Å². The van der Waals surface area contributed by atoms with Gasteiger partial charge < -0.3 is 11.1 Å². The monoisotopic (exact) mass is 273 g/mol. The van der Waals surface area contributed by atoms with Gasteiger partial charge in [0.1, 0.15) is 0 Å². The smallest absolute Gasteiger partial charge is 0.223 e. The minimum atomic E-state index is 0.0398. The highest BCUT2D eigenvalue weighted by Gasteiger charge is 2.25. The number of hydrogen-bond donors (Lipinski definition) is 2. The van der Waals surface area contributed by atoms with Crippen LogP contribution in [0, 0.1) is 5.92 Å². The highest BCUT2D eigenvalue weighted by atomic mass is 16.1. The van der Waals surface area contributed by atoms with Crippen molar-refractivity contribution in [3.05, 3.63) is 30.2 Å². The summed E-state index contributed by atoms with van der Waals surface area (Å²) in [6.45, 7) is 0.399. The van der Waals surface area contributed by atoms with E-state index in [2.05, 4.69) is 15.5 Å². The van der Waals surface area contributed by atoms with Crippen LogP contribution in [-0.2, 0) is 11.3 Å². The van der Waals surface area contributed by atoms with E-state index in [9.17, 15) is 4.79 Å². The van der Waals surface area contributed by atoms with Gasteiger partial charge in [0.15, 0.2) is 11.5 Å². The maximum absolute atomic E-state index is 12.2. The maximum atomic E-state index is 12.2. The van der Waals surface area contributed by atoms with E-state index in [1.165, 1.54) is 0 Å². The second kappa shape index (κ2) is 5.58. The zero-order valence-corrected chi connectivity index (χ0v) is 11.3. The van der Waals surface area contributed by atoms with Crippen molar-refractivity contribution in [3.63, 3.8) is 0 Å². The summed E-state index contributed by atoms with van der Waals surface area (Å²) in [6, 6.07) is 5.88. The van der Waals surface area contributed by atoms with Gasteiger partial charge in [-0.05, 0) is 31.4 Å². The Labute approximate surface area is 117 Å². The first-order valence-electron chi connectivity index (χ1n) is 7.06. The normalized spacial score (nSPS) is 22.9. The number of fused-ring (bicyclic) bond motifs is 1. The Bertz CT molecular complexity index is 608. The summed E-state index contributed by atoms with van der Waals surface area (Å²) in [7, 11) is 0. The van der Waals surface area contributed by atoms with E-state index in [4.69, 9.17) is 5.73 Å². The molecule has 3 N–H and O–H groups in total. The van der Waals surface area contributed by atoms with E-state index >= 15 is 0 Å². The average molecular weight is 273 g/mol. The molecule has 2 aromatic heterocycles. The van der Waals surface area contributed by atoms with Gasteiger partial charge in [-0.15, -0.1) is 10.2 Å². The minimum Gasteiger partial charge on any atom is -0.349 e. The van der Waals surface area contributed by atoms with Crippen LogP contribution in [0.15, 0.2) is 24.4 Å². The molecule has 20 heavy (non-hydrogen) atoms. The first-order valence-corrected chi connectivity index (χ1v) is 7.06. The molecule has 2 aromatic rings. The van der Waals surface area contributed by atoms with Gasteiger partial charge in [-0.2, -0.15) is 0 Å². The number of nitrogens with zero attached hydrogens (tertiary/aromatic N) is 3. The molecule has 0 bridgehead atoms. The molecule has 0 aromatic carbocycles. The number of amides is 1. The molecule has 106 valence electrons. The zero-order valence-electron chi connectivity index (χ0n) is 11.3. The maximum Gasteiger partial charge on any atom is 0.223 e. The van der Waals surface area contributed by atoms with Gasteiger partial charge in [-0.1, -0.05) is 12.5 Å². The van der Waals surface area contributed by atoms with Crippen LogP contribution in [0.2, 0.25) is 0 Å². The molecule has 0 radical (unpaired) electrons. The standard InChI is InChI=1S/C14H19N5O/c15-11-5-3-4-10(8-11)14(20)16-9-13-18-17-12-6-1-2-7-19(12)13/h1-2,6-7,10-11H,3-5,8-9,15H2,(H,16,20). The molecular formula is C14H19N5O. The topological polar surface area (TPSA) is 85.3 Å². The van der Waals surface area contributed by atoms with Crippen molar-refractivity contribution < 1.29 is 4.79 Å². The Balaban J connectivity index is 1.63. The number of aromatic nitrogens is 3. The largest absolute Gasteiger partial charge is 0.349 e. The van der Waals surface area contributed by atoms with Gasteiger partial charge in [0.25, 0.3) is 0 Å². The second-order valence-electron chi connectivity index (χ2n) is 5.39. The van der Waals surface area contributed by atoms with E-state index in [-0.39, 0.29) is 17.9 Å². The zero-order chi connectivity index (χ0) is 13.9. The fourth-order valence-electron chi connectivity index (χ4n) is 2.79. The summed E-state index contributed by atoms with van der Waals surface area (Å²) in [5.41, 5.74) is 6.71. The van der Waals surface area contributed by atoms with Crippen LogP contribution < -0.4 is 11.1 Å². The van der Waals surface area contributed by atoms with Crippen molar-refractivity contribution in [2.75, 3.05) is 0 Å². The molecule has 2 atom stereocenters. The highest BCUT2D eigenvalue weighted by Crippen LogP contribution is 2.23. The number of carbonyl (C=O) groups is 1. The molecule has 1 fully saturated rings. The third-order valence-corrected chi connectivity index (χ3v) is 3.89. The Morgan fingerprint density at radius 3 is 3.15 bits per heavy atom. The van der Waals surface area contributed by atoms with E-state index < -0.39 is 0 Å². The summed E-state index contributed by atoms with van der Waals surface area (Å²) in [4.78, 5) is 12.2. The number of nitrogens with one attached hydrogen (secondary N) is 1. The molecule has 1 aliphatic carbocycles. The van der Waals surface area contributed by atoms with Crippen LogP contribution in [0.3, 0.4) is 0 Å². The predicted molar refractivity (Wildman–Crippen MR) is 74.8 cm³/mol. The molecule has 1 aliphatic rings. The fraction of sp³-hybridized carbons (Fsp3) is 0.500. The third kappa shape index (κ3) is 2.65. The third-order valence-electron chi connectivity index (χ3n) is 3.89. The first-order chi connectivity index (χ1) is 9.74. The minimum absolute atomic E-state index is 0.0398. The Hall–Kier alpha value is -1.95. The van der Waals surface area contributed by atoms with E-state index in [1.54, 1.807) is 0 Å². The lowest BCUT2D eigenvalue weighted by molar-refractivity contribution is -0.126. The molecular weight excluding hydrogens is 254 g/mol. The van der Waals surface area contributed by atoms with Gasteiger partial charge >= 0.3 is 0 Å². The molecule has 3 rings (SSSR count). The van der Waals surface area contributed by atoms with Crippen molar-refractivity contribution in [1.82, 2.24) is 19.9 Å². The van der Waals surface area contributed by atoms with Crippen LogP contribution in [0.25, 0.3) is 5.65 Å². The number of hydrogen-bond acceptors (Lipinski definition) is 4. The summed E-state index contributed by atoms with van der Waals surface area (Å²) >= 11 is 0. The molecule has 6 nitrogen and oxygen atoms in total. The summed E-state index contributed by atoms with van der Waals surface area (Å²) in [5, 5.41) is 11.1. The van der Waals surface area contributed by atoms with Crippen molar-refractivity contribution in [1.29, 1.82) is 0 Å². The highest BCUT2D eigenvalue weighted by molar-refractivity contribution is 5.78. The van der Waals surface area contributed by atoms with Crippen LogP contribution >= 0.6 is 0 Å². The lowest BCUT2D eigenvalue weighted by Crippen LogP contribution is -2.37.